The van der Waals surface area contributed by atoms with Gasteiger partial charge in [0.15, 0.2) is 6.54 Å². The number of hydrogen-bond acceptors (Lipinski definition) is 4. The van der Waals surface area contributed by atoms with Crippen LogP contribution in [0.15, 0.2) is 51.7 Å². The molecule has 0 saturated heterocycles. The summed E-state index contributed by atoms with van der Waals surface area (Å²) in [4.78, 5) is 25.4. The van der Waals surface area contributed by atoms with Gasteiger partial charge in [-0.3, -0.25) is 4.79 Å². The number of amides is 1. The first-order chi connectivity index (χ1) is 13.9. The lowest BCUT2D eigenvalue weighted by Gasteiger charge is -2.16. The molecule has 0 saturated carbocycles. The first kappa shape index (κ1) is 20.6. The van der Waals surface area contributed by atoms with E-state index in [1.54, 1.807) is 0 Å². The van der Waals surface area contributed by atoms with Crippen LogP contribution in [0.4, 0.5) is 5.69 Å². The van der Waals surface area contributed by atoms with E-state index in [0.717, 1.165) is 39.1 Å². The third-order valence-corrected chi connectivity index (χ3v) is 5.04. The zero-order valence-electron chi connectivity index (χ0n) is 17.0. The quantitative estimate of drug-likeness (QED) is 0.536. The van der Waals surface area contributed by atoms with E-state index in [2.05, 4.69) is 12.2 Å². The second-order valence-corrected chi connectivity index (χ2v) is 7.29. The average molecular weight is 395 g/mol. The lowest BCUT2D eigenvalue weighted by molar-refractivity contribution is -0.885. The Morgan fingerprint density at radius 2 is 1.79 bits per heavy atom. The minimum Gasteiger partial charge on any atom is -0.508 e. The summed E-state index contributed by atoms with van der Waals surface area (Å²) in [7, 11) is 1.91. The number of phenolic OH excluding ortho intramolecular Hbond substituents is 1. The molecule has 6 heteroatoms. The summed E-state index contributed by atoms with van der Waals surface area (Å²) in [5.74, 6) is 0.0394. The molecule has 0 aliphatic heterocycles. The van der Waals surface area contributed by atoms with Gasteiger partial charge in [-0.05, 0) is 36.1 Å². The highest BCUT2D eigenvalue weighted by Crippen LogP contribution is 2.26. The number of aromatic hydroxyl groups is 1. The van der Waals surface area contributed by atoms with Crippen LogP contribution < -0.4 is 15.8 Å². The zero-order valence-corrected chi connectivity index (χ0v) is 17.0. The molecule has 0 fully saturated rings. The highest BCUT2D eigenvalue weighted by atomic mass is 16.4. The largest absolute Gasteiger partial charge is 0.508 e. The van der Waals surface area contributed by atoms with Gasteiger partial charge in [-0.2, -0.15) is 0 Å². The van der Waals surface area contributed by atoms with Gasteiger partial charge in [0.2, 0.25) is 0 Å². The third-order valence-electron chi connectivity index (χ3n) is 5.04. The standard InChI is InChI=1S/C23H26N2O4/c1-4-15-8-6-7-9-19(15)24-22(27)14-25(3)13-17-11-23(28)29-21-12-20(26)16(5-2)10-18(17)21/h6-12,26H,4-5,13-14H2,1-3H3,(H,24,27)/p+1. The number of anilines is 1. The number of hydrogen-bond donors (Lipinski definition) is 3. The highest BCUT2D eigenvalue weighted by Gasteiger charge is 2.16. The van der Waals surface area contributed by atoms with Gasteiger partial charge in [0.05, 0.1) is 7.05 Å². The molecule has 3 N–H and O–H groups in total. The number of para-hydroxylation sites is 1. The van der Waals surface area contributed by atoms with Gasteiger partial charge in [-0.25, -0.2) is 4.79 Å². The molecule has 0 aliphatic rings. The number of carbonyl (C=O) groups is 1. The molecular formula is C23H27N2O4+. The first-order valence-corrected chi connectivity index (χ1v) is 9.89. The predicted molar refractivity (Wildman–Crippen MR) is 113 cm³/mol. The van der Waals surface area contributed by atoms with Gasteiger partial charge < -0.3 is 19.7 Å². The molecule has 1 unspecified atom stereocenters. The normalized spacial score (nSPS) is 12.1. The number of aryl methyl sites for hydroxylation is 2. The molecule has 2 aromatic carbocycles. The molecule has 152 valence electrons. The maximum absolute atomic E-state index is 12.5. The summed E-state index contributed by atoms with van der Waals surface area (Å²) >= 11 is 0. The molecule has 1 atom stereocenters. The van der Waals surface area contributed by atoms with E-state index in [1.165, 1.54) is 12.1 Å². The fourth-order valence-electron chi connectivity index (χ4n) is 3.54. The molecule has 1 heterocycles. The van der Waals surface area contributed by atoms with Crippen LogP contribution in [-0.4, -0.2) is 24.6 Å². The number of quaternary nitrogens is 1. The third kappa shape index (κ3) is 4.84. The number of fused-ring (bicyclic) bond motifs is 1. The van der Waals surface area contributed by atoms with Crippen molar-refractivity contribution in [3.8, 4) is 5.75 Å². The van der Waals surface area contributed by atoms with Crippen LogP contribution in [-0.2, 0) is 24.2 Å². The maximum Gasteiger partial charge on any atom is 0.336 e. The van der Waals surface area contributed by atoms with E-state index in [9.17, 15) is 14.7 Å². The molecule has 1 aromatic heterocycles. The van der Waals surface area contributed by atoms with Crippen LogP contribution in [0, 0.1) is 0 Å². The molecule has 0 spiro atoms. The second kappa shape index (κ2) is 8.92. The Hall–Kier alpha value is -3.12. The van der Waals surface area contributed by atoms with E-state index in [-0.39, 0.29) is 18.2 Å². The van der Waals surface area contributed by atoms with Crippen molar-refractivity contribution in [3.05, 3.63) is 69.6 Å². The van der Waals surface area contributed by atoms with Crippen molar-refractivity contribution in [2.45, 2.75) is 33.2 Å². The Bertz CT molecular complexity index is 1090. The van der Waals surface area contributed by atoms with Crippen LogP contribution in [0.3, 0.4) is 0 Å². The van der Waals surface area contributed by atoms with Gasteiger partial charge in [0, 0.05) is 28.8 Å². The number of phenols is 1. The van der Waals surface area contributed by atoms with E-state index < -0.39 is 5.63 Å². The van der Waals surface area contributed by atoms with E-state index in [1.807, 2.05) is 44.3 Å². The molecule has 0 bridgehead atoms. The van der Waals surface area contributed by atoms with Gasteiger partial charge in [-0.1, -0.05) is 32.0 Å². The van der Waals surface area contributed by atoms with Crippen molar-refractivity contribution in [3.63, 3.8) is 0 Å². The molecule has 3 aromatic rings. The Morgan fingerprint density at radius 3 is 2.52 bits per heavy atom. The van der Waals surface area contributed by atoms with E-state index >= 15 is 0 Å². The average Bonchev–Trinajstić information content (AvgIpc) is 2.67. The Balaban J connectivity index is 1.78. The first-order valence-electron chi connectivity index (χ1n) is 9.89. The van der Waals surface area contributed by atoms with Crippen LogP contribution in [0.2, 0.25) is 0 Å². The Labute approximate surface area is 169 Å². The summed E-state index contributed by atoms with van der Waals surface area (Å²) in [6.07, 6.45) is 1.51. The van der Waals surface area contributed by atoms with Gasteiger partial charge in [0.25, 0.3) is 5.91 Å². The van der Waals surface area contributed by atoms with Crippen LogP contribution in [0.25, 0.3) is 11.0 Å². The Morgan fingerprint density at radius 1 is 1.07 bits per heavy atom. The van der Waals surface area contributed by atoms with Crippen molar-refractivity contribution in [2.75, 3.05) is 18.9 Å². The second-order valence-electron chi connectivity index (χ2n) is 7.29. The smallest absolute Gasteiger partial charge is 0.336 e. The van der Waals surface area contributed by atoms with Crippen molar-refractivity contribution in [1.82, 2.24) is 0 Å². The van der Waals surface area contributed by atoms with Crippen LogP contribution in [0.1, 0.15) is 30.5 Å². The molecule has 3 rings (SSSR count). The van der Waals surface area contributed by atoms with E-state index in [0.29, 0.717) is 18.5 Å². The van der Waals surface area contributed by atoms with Crippen molar-refractivity contribution < 1.29 is 19.2 Å². The van der Waals surface area contributed by atoms with Crippen molar-refractivity contribution >= 4 is 22.6 Å². The highest BCUT2D eigenvalue weighted by molar-refractivity contribution is 5.92. The minimum atomic E-state index is -0.467. The number of likely N-dealkylation sites (N-methyl/N-ethyl adjacent to an activating group) is 1. The maximum atomic E-state index is 12.5. The fourth-order valence-corrected chi connectivity index (χ4v) is 3.54. The summed E-state index contributed by atoms with van der Waals surface area (Å²) in [5, 5.41) is 13.8. The number of rotatable bonds is 7. The van der Waals surface area contributed by atoms with Crippen LogP contribution >= 0.6 is 0 Å². The number of nitrogens with one attached hydrogen (secondary N) is 2. The summed E-state index contributed by atoms with van der Waals surface area (Å²) in [5.41, 5.74) is 3.41. The van der Waals surface area contributed by atoms with Gasteiger partial charge in [-0.15, -0.1) is 0 Å². The van der Waals surface area contributed by atoms with Gasteiger partial charge >= 0.3 is 5.63 Å². The minimum absolute atomic E-state index is 0.0810. The van der Waals surface area contributed by atoms with Gasteiger partial charge in [0.1, 0.15) is 17.9 Å². The molecule has 6 nitrogen and oxygen atoms in total. The molecule has 29 heavy (non-hydrogen) atoms. The monoisotopic (exact) mass is 395 g/mol. The molecule has 0 radical (unpaired) electrons. The summed E-state index contributed by atoms with van der Waals surface area (Å²) in [6.45, 7) is 4.75. The predicted octanol–water partition coefficient (Wildman–Crippen LogP) is 2.28. The van der Waals surface area contributed by atoms with E-state index in [4.69, 9.17) is 4.42 Å². The fraction of sp³-hybridized carbons (Fsp3) is 0.304. The molecule has 0 aliphatic carbocycles. The topological polar surface area (TPSA) is 84.0 Å². The lowest BCUT2D eigenvalue weighted by atomic mass is 10.0. The molecule has 1 amide bonds. The molecular weight excluding hydrogens is 368 g/mol. The summed E-state index contributed by atoms with van der Waals surface area (Å²) < 4.78 is 5.25. The summed E-state index contributed by atoms with van der Waals surface area (Å²) in [6, 6.07) is 12.6. The van der Waals surface area contributed by atoms with Crippen LogP contribution in [0.5, 0.6) is 5.75 Å². The number of carbonyl (C=O) groups excluding carboxylic acids is 1. The SMILES string of the molecule is CCc1cc2c(C[NH+](C)CC(=O)Nc3ccccc3CC)cc(=O)oc2cc1O. The zero-order chi connectivity index (χ0) is 21.0. The van der Waals surface area contributed by atoms with Crippen molar-refractivity contribution in [2.24, 2.45) is 0 Å². The number of benzene rings is 2. The van der Waals surface area contributed by atoms with Crippen molar-refractivity contribution in [1.29, 1.82) is 0 Å². The lowest BCUT2D eigenvalue weighted by Crippen LogP contribution is -3.08. The Kier molecular flexibility index (Phi) is 6.34.